The molecule has 3 atom stereocenters. The standard InChI is InChI=1S/C31H38F3N3O4/c1-36-16-8-11-23(36)21-41-26-13-7-6-12-24(26)25-20-35-27(38)19-29(25)14-17-37(18-15-29)28(39)30(40-2,31(32,33)34)22-9-4-3-5-10-22/h3-7,9-10,12-13,23,25H,8,11,14-21H2,1-2H3,(H,35,38)/t23?,25-,30+/m0/s1. The van der Waals surface area contributed by atoms with Crippen molar-refractivity contribution in [3.8, 4) is 5.75 Å². The van der Waals surface area contributed by atoms with Crippen LogP contribution in [0.1, 0.15) is 49.1 Å². The first-order valence-electron chi connectivity index (χ1n) is 14.3. The Balaban J connectivity index is 1.38. The van der Waals surface area contributed by atoms with Crippen molar-refractivity contribution in [1.82, 2.24) is 15.1 Å². The van der Waals surface area contributed by atoms with E-state index in [1.165, 1.54) is 29.2 Å². The van der Waals surface area contributed by atoms with Gasteiger partial charge in [0.2, 0.25) is 5.91 Å². The SMILES string of the molecule is CO[C@@](C(=O)N1CCC2(CC1)CC(=O)NC[C@H]2c1ccccc1OCC1CCCN1C)(c1ccccc1)C(F)(F)F. The number of carbonyl (C=O) groups is 2. The smallest absolute Gasteiger partial charge is 0.430 e. The van der Waals surface area contributed by atoms with Crippen LogP contribution in [0.5, 0.6) is 5.75 Å². The van der Waals surface area contributed by atoms with Crippen LogP contribution in [0.15, 0.2) is 54.6 Å². The van der Waals surface area contributed by atoms with Crippen molar-refractivity contribution >= 4 is 11.8 Å². The van der Waals surface area contributed by atoms with Gasteiger partial charge in [-0.1, -0.05) is 48.5 Å². The number of likely N-dealkylation sites (tertiary alicyclic amines) is 2. The quantitative estimate of drug-likeness (QED) is 0.529. The number of hydrogen-bond donors (Lipinski definition) is 1. The largest absolute Gasteiger partial charge is 0.492 e. The maximum atomic E-state index is 14.6. The number of methoxy groups -OCH3 is 1. The summed E-state index contributed by atoms with van der Waals surface area (Å²) in [5.41, 5.74) is -2.88. The lowest BCUT2D eigenvalue weighted by Gasteiger charge is -2.50. The van der Waals surface area contributed by atoms with Crippen LogP contribution in [-0.2, 0) is 19.9 Å². The summed E-state index contributed by atoms with van der Waals surface area (Å²) in [5.74, 6) is -0.544. The fraction of sp³-hybridized carbons (Fsp3) is 0.548. The normalized spacial score (nSPS) is 24.6. The monoisotopic (exact) mass is 573 g/mol. The third-order valence-electron chi connectivity index (χ3n) is 9.39. The second-order valence-electron chi connectivity index (χ2n) is 11.6. The van der Waals surface area contributed by atoms with Crippen molar-refractivity contribution in [2.24, 2.45) is 5.41 Å². The Morgan fingerprint density at radius 3 is 2.37 bits per heavy atom. The van der Waals surface area contributed by atoms with Gasteiger partial charge in [-0.15, -0.1) is 0 Å². The molecule has 3 fully saturated rings. The molecule has 3 aliphatic rings. The van der Waals surface area contributed by atoms with Gasteiger partial charge in [0.05, 0.1) is 0 Å². The number of rotatable bonds is 7. The van der Waals surface area contributed by atoms with Crippen LogP contribution in [0, 0.1) is 5.41 Å². The van der Waals surface area contributed by atoms with E-state index >= 15 is 0 Å². The lowest BCUT2D eigenvalue weighted by atomic mass is 9.62. The highest BCUT2D eigenvalue weighted by molar-refractivity contribution is 5.88. The predicted molar refractivity (Wildman–Crippen MR) is 147 cm³/mol. The number of nitrogens with zero attached hydrogens (tertiary/aromatic N) is 2. The molecule has 0 aliphatic carbocycles. The van der Waals surface area contributed by atoms with Gasteiger partial charge in [0.1, 0.15) is 12.4 Å². The molecule has 222 valence electrons. The van der Waals surface area contributed by atoms with Crippen LogP contribution >= 0.6 is 0 Å². The van der Waals surface area contributed by atoms with Crippen molar-refractivity contribution in [3.63, 3.8) is 0 Å². The lowest BCUT2D eigenvalue weighted by Crippen LogP contribution is -2.60. The van der Waals surface area contributed by atoms with E-state index in [9.17, 15) is 22.8 Å². The van der Waals surface area contributed by atoms with E-state index in [2.05, 4.69) is 17.3 Å². The van der Waals surface area contributed by atoms with Gasteiger partial charge in [0, 0.05) is 50.7 Å². The molecule has 0 saturated carbocycles. The number of ether oxygens (including phenoxy) is 2. The topological polar surface area (TPSA) is 71.1 Å². The maximum Gasteiger partial charge on any atom is 0.430 e. The highest BCUT2D eigenvalue weighted by Gasteiger charge is 2.64. The Labute approximate surface area is 239 Å². The van der Waals surface area contributed by atoms with Crippen LogP contribution in [-0.4, -0.2) is 80.8 Å². The van der Waals surface area contributed by atoms with Crippen molar-refractivity contribution in [2.45, 2.75) is 55.8 Å². The zero-order valence-corrected chi connectivity index (χ0v) is 23.6. The zero-order chi connectivity index (χ0) is 29.3. The fourth-order valence-electron chi connectivity index (χ4n) is 6.96. The third kappa shape index (κ3) is 5.44. The van der Waals surface area contributed by atoms with E-state index in [1.807, 2.05) is 24.3 Å². The van der Waals surface area contributed by atoms with Gasteiger partial charge in [-0.3, -0.25) is 9.59 Å². The predicted octanol–water partition coefficient (Wildman–Crippen LogP) is 4.48. The van der Waals surface area contributed by atoms with E-state index in [0.717, 1.165) is 37.8 Å². The van der Waals surface area contributed by atoms with Crippen molar-refractivity contribution < 1.29 is 32.2 Å². The van der Waals surface area contributed by atoms with Crippen LogP contribution in [0.2, 0.25) is 0 Å². The van der Waals surface area contributed by atoms with Crippen LogP contribution in [0.4, 0.5) is 13.2 Å². The molecule has 3 heterocycles. The molecule has 0 aromatic heterocycles. The molecule has 2 amide bonds. The molecule has 2 aromatic carbocycles. The number of alkyl halides is 3. The summed E-state index contributed by atoms with van der Waals surface area (Å²) in [5, 5.41) is 2.99. The number of nitrogens with one attached hydrogen (secondary N) is 1. The van der Waals surface area contributed by atoms with Crippen molar-refractivity contribution in [1.29, 1.82) is 0 Å². The second kappa shape index (κ2) is 11.6. The number of halogens is 3. The van der Waals surface area contributed by atoms with Gasteiger partial charge in [-0.25, -0.2) is 0 Å². The van der Waals surface area contributed by atoms with E-state index in [1.54, 1.807) is 6.07 Å². The van der Waals surface area contributed by atoms with Gasteiger partial charge in [0.15, 0.2) is 0 Å². The number of piperidine rings is 2. The van der Waals surface area contributed by atoms with E-state index < -0.39 is 23.1 Å². The Morgan fingerprint density at radius 1 is 1.05 bits per heavy atom. The first-order chi connectivity index (χ1) is 19.6. The summed E-state index contributed by atoms with van der Waals surface area (Å²) in [7, 11) is 3.02. The molecule has 3 aliphatic heterocycles. The Hall–Kier alpha value is -3.11. The summed E-state index contributed by atoms with van der Waals surface area (Å²) in [4.78, 5) is 29.9. The van der Waals surface area contributed by atoms with E-state index in [0.29, 0.717) is 32.0 Å². The third-order valence-corrected chi connectivity index (χ3v) is 9.39. The van der Waals surface area contributed by atoms with Gasteiger partial charge in [-0.05, 0) is 56.3 Å². The summed E-state index contributed by atoms with van der Waals surface area (Å²) in [6, 6.07) is 15.2. The van der Waals surface area contributed by atoms with Crippen molar-refractivity contribution in [3.05, 3.63) is 65.7 Å². The highest BCUT2D eigenvalue weighted by atomic mass is 19.4. The number of para-hydroxylation sites is 1. The molecular formula is C31H38F3N3O4. The fourth-order valence-corrected chi connectivity index (χ4v) is 6.96. The number of likely N-dealkylation sites (N-methyl/N-ethyl adjacent to an activating group) is 1. The molecule has 0 bridgehead atoms. The molecule has 7 nitrogen and oxygen atoms in total. The molecule has 3 saturated heterocycles. The first-order valence-corrected chi connectivity index (χ1v) is 14.3. The molecule has 1 unspecified atom stereocenters. The number of amides is 2. The van der Waals surface area contributed by atoms with Crippen LogP contribution in [0.25, 0.3) is 0 Å². The summed E-state index contributed by atoms with van der Waals surface area (Å²) >= 11 is 0. The van der Waals surface area contributed by atoms with E-state index in [4.69, 9.17) is 9.47 Å². The van der Waals surface area contributed by atoms with Crippen LogP contribution < -0.4 is 10.1 Å². The number of carbonyl (C=O) groups excluding carboxylic acids is 2. The molecule has 10 heteroatoms. The van der Waals surface area contributed by atoms with Crippen molar-refractivity contribution in [2.75, 3.05) is 46.9 Å². The van der Waals surface area contributed by atoms with Gasteiger partial charge in [0.25, 0.3) is 11.5 Å². The van der Waals surface area contributed by atoms with E-state index in [-0.39, 0.29) is 36.9 Å². The molecule has 1 spiro atoms. The Morgan fingerprint density at radius 2 is 1.73 bits per heavy atom. The number of benzene rings is 2. The van der Waals surface area contributed by atoms with Gasteiger partial charge in [-0.2, -0.15) is 13.2 Å². The molecule has 0 radical (unpaired) electrons. The molecular weight excluding hydrogens is 535 g/mol. The summed E-state index contributed by atoms with van der Waals surface area (Å²) in [6.45, 7) is 2.20. The molecule has 2 aromatic rings. The minimum absolute atomic E-state index is 0.0854. The molecule has 1 N–H and O–H groups in total. The minimum Gasteiger partial charge on any atom is -0.492 e. The average molecular weight is 574 g/mol. The zero-order valence-electron chi connectivity index (χ0n) is 23.6. The average Bonchev–Trinajstić information content (AvgIpc) is 3.37. The summed E-state index contributed by atoms with van der Waals surface area (Å²) in [6.07, 6.45) is -1.72. The van der Waals surface area contributed by atoms with Crippen LogP contribution in [0.3, 0.4) is 0 Å². The Bertz CT molecular complexity index is 1230. The van der Waals surface area contributed by atoms with Gasteiger partial charge < -0.3 is 24.6 Å². The Kier molecular flexibility index (Phi) is 8.34. The number of hydrogen-bond acceptors (Lipinski definition) is 5. The first kappa shape index (κ1) is 29.4. The highest BCUT2D eigenvalue weighted by Crippen LogP contribution is 2.52. The van der Waals surface area contributed by atoms with Gasteiger partial charge >= 0.3 is 6.18 Å². The molecule has 41 heavy (non-hydrogen) atoms. The molecule has 5 rings (SSSR count). The maximum absolute atomic E-state index is 14.6. The lowest BCUT2D eigenvalue weighted by molar-refractivity contribution is -0.271. The summed E-state index contributed by atoms with van der Waals surface area (Å²) < 4.78 is 55.1. The minimum atomic E-state index is -4.97. The second-order valence-corrected chi connectivity index (χ2v) is 11.6.